The fraction of sp³-hybridized carbons (Fsp3) is 0.429. The van der Waals surface area contributed by atoms with Crippen molar-refractivity contribution in [2.24, 2.45) is 5.73 Å². The molecule has 96 valence electrons. The fourth-order valence-electron chi connectivity index (χ4n) is 1.81. The van der Waals surface area contributed by atoms with Gasteiger partial charge < -0.3 is 15.2 Å². The molecule has 0 aliphatic carbocycles. The van der Waals surface area contributed by atoms with Gasteiger partial charge in [-0.05, 0) is 25.0 Å². The van der Waals surface area contributed by atoms with E-state index < -0.39 is 0 Å². The van der Waals surface area contributed by atoms with Gasteiger partial charge in [-0.2, -0.15) is 0 Å². The molecule has 1 heterocycles. The Balaban J connectivity index is 2.03. The zero-order valence-electron chi connectivity index (χ0n) is 10.1. The molecule has 0 amide bonds. The first-order chi connectivity index (χ1) is 8.79. The summed E-state index contributed by atoms with van der Waals surface area (Å²) in [6, 6.07) is 4.68. The van der Waals surface area contributed by atoms with Gasteiger partial charge in [0.2, 0.25) is 0 Å². The third-order valence-electron chi connectivity index (χ3n) is 2.69. The average molecular weight is 249 g/mol. The summed E-state index contributed by atoms with van der Waals surface area (Å²) in [5.41, 5.74) is 5.59. The molecule has 18 heavy (non-hydrogen) atoms. The van der Waals surface area contributed by atoms with Crippen LogP contribution in [0.1, 0.15) is 18.4 Å². The third kappa shape index (κ3) is 3.46. The normalized spacial score (nSPS) is 18.9. The first-order valence-corrected chi connectivity index (χ1v) is 6.02. The Labute approximate surface area is 106 Å². The van der Waals surface area contributed by atoms with E-state index >= 15 is 0 Å². The Morgan fingerprint density at radius 1 is 1.50 bits per heavy atom. The van der Waals surface area contributed by atoms with E-state index in [1.165, 1.54) is 6.07 Å². The number of benzene rings is 1. The van der Waals surface area contributed by atoms with Gasteiger partial charge in [-0.25, -0.2) is 4.39 Å². The van der Waals surface area contributed by atoms with Crippen LogP contribution in [0.4, 0.5) is 4.39 Å². The maximum absolute atomic E-state index is 13.7. The Morgan fingerprint density at radius 2 is 2.39 bits per heavy atom. The summed E-state index contributed by atoms with van der Waals surface area (Å²) >= 11 is 0. The predicted octanol–water partition coefficient (Wildman–Crippen LogP) is 1.69. The minimum atomic E-state index is -0.384. The topological polar surface area (TPSA) is 44.5 Å². The third-order valence-corrected chi connectivity index (χ3v) is 2.69. The van der Waals surface area contributed by atoms with Crippen molar-refractivity contribution >= 4 is 0 Å². The second kappa shape index (κ2) is 6.39. The molecule has 0 aromatic heterocycles. The van der Waals surface area contributed by atoms with E-state index in [9.17, 15) is 4.39 Å². The number of halogens is 1. The minimum absolute atomic E-state index is 0.0131. The average Bonchev–Trinajstić information content (AvgIpc) is 2.39. The molecule has 3 nitrogen and oxygen atoms in total. The molecule has 1 aromatic carbocycles. The molecule has 2 N–H and O–H groups in total. The highest BCUT2D eigenvalue weighted by Crippen LogP contribution is 2.20. The first kappa shape index (κ1) is 12.9. The first-order valence-electron chi connectivity index (χ1n) is 6.02. The van der Waals surface area contributed by atoms with Crippen LogP contribution in [0.2, 0.25) is 0 Å². The van der Waals surface area contributed by atoms with Crippen molar-refractivity contribution in [1.29, 1.82) is 0 Å². The van der Waals surface area contributed by atoms with Crippen molar-refractivity contribution in [2.45, 2.75) is 18.9 Å². The van der Waals surface area contributed by atoms with E-state index in [1.54, 1.807) is 12.1 Å². The van der Waals surface area contributed by atoms with Gasteiger partial charge in [-0.1, -0.05) is 11.8 Å². The van der Waals surface area contributed by atoms with Crippen molar-refractivity contribution in [3.8, 4) is 17.6 Å². The van der Waals surface area contributed by atoms with Gasteiger partial charge in [0.25, 0.3) is 0 Å². The second-order valence-electron chi connectivity index (χ2n) is 4.10. The molecule has 0 saturated carbocycles. The Bertz CT molecular complexity index is 459. The van der Waals surface area contributed by atoms with Crippen molar-refractivity contribution in [2.75, 3.05) is 19.8 Å². The molecule has 1 fully saturated rings. The highest BCUT2D eigenvalue weighted by molar-refractivity contribution is 5.39. The Kier molecular flexibility index (Phi) is 4.57. The Morgan fingerprint density at radius 3 is 3.06 bits per heavy atom. The number of rotatable bonds is 2. The highest BCUT2D eigenvalue weighted by atomic mass is 19.1. The number of ether oxygens (including phenoxy) is 2. The van der Waals surface area contributed by atoms with E-state index in [0.29, 0.717) is 17.9 Å². The van der Waals surface area contributed by atoms with Crippen LogP contribution in [-0.4, -0.2) is 25.9 Å². The van der Waals surface area contributed by atoms with E-state index in [2.05, 4.69) is 11.8 Å². The molecule has 4 heteroatoms. The van der Waals surface area contributed by atoms with E-state index in [0.717, 1.165) is 19.4 Å². The number of hydrogen-bond acceptors (Lipinski definition) is 3. The standard InChI is InChI=1S/C14H16FNO2/c15-14-9-12(6-5-11(14)3-1-7-16)18-13-4-2-8-17-10-13/h5-6,9,13H,2,4,7-8,10,16H2. The molecule has 1 atom stereocenters. The maximum Gasteiger partial charge on any atom is 0.142 e. The van der Waals surface area contributed by atoms with Crippen LogP contribution in [0.25, 0.3) is 0 Å². The molecular formula is C14H16FNO2. The van der Waals surface area contributed by atoms with E-state index in [4.69, 9.17) is 15.2 Å². The quantitative estimate of drug-likeness (QED) is 0.811. The Hall–Kier alpha value is -1.57. The molecule has 1 unspecified atom stereocenters. The van der Waals surface area contributed by atoms with Crippen molar-refractivity contribution in [3.63, 3.8) is 0 Å². The highest BCUT2D eigenvalue weighted by Gasteiger charge is 2.15. The second-order valence-corrected chi connectivity index (χ2v) is 4.10. The van der Waals surface area contributed by atoms with Gasteiger partial charge in [0.15, 0.2) is 0 Å². The van der Waals surface area contributed by atoms with Crippen molar-refractivity contribution in [3.05, 3.63) is 29.6 Å². The van der Waals surface area contributed by atoms with Crippen LogP contribution in [0.3, 0.4) is 0 Å². The lowest BCUT2D eigenvalue weighted by molar-refractivity contribution is 0.00731. The lowest BCUT2D eigenvalue weighted by Gasteiger charge is -2.23. The van der Waals surface area contributed by atoms with Crippen LogP contribution in [0.15, 0.2) is 18.2 Å². The molecule has 1 saturated heterocycles. The van der Waals surface area contributed by atoms with Crippen LogP contribution in [0.5, 0.6) is 5.75 Å². The molecular weight excluding hydrogens is 233 g/mol. The van der Waals surface area contributed by atoms with Gasteiger partial charge in [0.1, 0.15) is 17.7 Å². The molecule has 0 bridgehead atoms. The summed E-state index contributed by atoms with van der Waals surface area (Å²) in [4.78, 5) is 0. The number of hydrogen-bond donors (Lipinski definition) is 1. The van der Waals surface area contributed by atoms with Gasteiger partial charge in [-0.15, -0.1) is 0 Å². The van der Waals surface area contributed by atoms with Gasteiger partial charge >= 0.3 is 0 Å². The lowest BCUT2D eigenvalue weighted by Crippen LogP contribution is -2.28. The van der Waals surface area contributed by atoms with Crippen LogP contribution < -0.4 is 10.5 Å². The minimum Gasteiger partial charge on any atom is -0.488 e. The lowest BCUT2D eigenvalue weighted by atomic mass is 10.1. The van der Waals surface area contributed by atoms with E-state index in [-0.39, 0.29) is 18.5 Å². The summed E-state index contributed by atoms with van der Waals surface area (Å²) in [5.74, 6) is 5.43. The largest absolute Gasteiger partial charge is 0.488 e. The molecule has 1 aromatic rings. The summed E-state index contributed by atoms with van der Waals surface area (Å²) in [7, 11) is 0. The van der Waals surface area contributed by atoms with Crippen molar-refractivity contribution in [1.82, 2.24) is 0 Å². The predicted molar refractivity (Wildman–Crippen MR) is 66.8 cm³/mol. The molecule has 0 spiro atoms. The summed E-state index contributed by atoms with van der Waals surface area (Å²) in [6.45, 7) is 1.56. The maximum atomic E-state index is 13.7. The monoisotopic (exact) mass is 249 g/mol. The van der Waals surface area contributed by atoms with Crippen LogP contribution in [-0.2, 0) is 4.74 Å². The van der Waals surface area contributed by atoms with E-state index in [1.807, 2.05) is 0 Å². The molecule has 0 radical (unpaired) electrons. The molecule has 1 aliphatic rings. The van der Waals surface area contributed by atoms with Crippen LogP contribution in [0, 0.1) is 17.7 Å². The molecule has 2 rings (SSSR count). The van der Waals surface area contributed by atoms with Gasteiger partial charge in [0.05, 0.1) is 18.7 Å². The smallest absolute Gasteiger partial charge is 0.142 e. The summed E-state index contributed by atoms with van der Waals surface area (Å²) in [5, 5.41) is 0. The molecule has 1 aliphatic heterocycles. The number of nitrogens with two attached hydrogens (primary N) is 1. The van der Waals surface area contributed by atoms with Gasteiger partial charge in [0, 0.05) is 12.7 Å². The summed E-state index contributed by atoms with van der Waals surface area (Å²) < 4.78 is 24.6. The zero-order chi connectivity index (χ0) is 12.8. The summed E-state index contributed by atoms with van der Waals surface area (Å²) in [6.07, 6.45) is 1.93. The SMILES string of the molecule is NCC#Cc1ccc(OC2CCCOC2)cc1F. The van der Waals surface area contributed by atoms with Crippen LogP contribution >= 0.6 is 0 Å². The van der Waals surface area contributed by atoms with Gasteiger partial charge in [-0.3, -0.25) is 0 Å². The fourth-order valence-corrected chi connectivity index (χ4v) is 1.81. The zero-order valence-corrected chi connectivity index (χ0v) is 10.1. The van der Waals surface area contributed by atoms with Crippen molar-refractivity contribution < 1.29 is 13.9 Å².